The SMILES string of the molecule is CCCNCc1ccccc1SCCC. The van der Waals surface area contributed by atoms with E-state index >= 15 is 0 Å². The molecule has 0 atom stereocenters. The predicted molar refractivity (Wildman–Crippen MR) is 69.5 cm³/mol. The van der Waals surface area contributed by atoms with Crippen LogP contribution in [0.5, 0.6) is 0 Å². The van der Waals surface area contributed by atoms with Crippen molar-refractivity contribution in [1.82, 2.24) is 5.32 Å². The fourth-order valence-electron chi connectivity index (χ4n) is 1.40. The topological polar surface area (TPSA) is 12.0 Å². The van der Waals surface area contributed by atoms with Crippen molar-refractivity contribution in [3.8, 4) is 0 Å². The lowest BCUT2D eigenvalue weighted by Crippen LogP contribution is -2.14. The maximum Gasteiger partial charge on any atom is 0.0216 e. The van der Waals surface area contributed by atoms with E-state index in [-0.39, 0.29) is 0 Å². The third-order valence-electron chi connectivity index (χ3n) is 2.18. The zero-order valence-electron chi connectivity index (χ0n) is 9.75. The molecular weight excluding hydrogens is 202 g/mol. The minimum atomic E-state index is 1.00. The minimum Gasteiger partial charge on any atom is -0.313 e. The van der Waals surface area contributed by atoms with Gasteiger partial charge in [-0.3, -0.25) is 0 Å². The molecule has 0 aliphatic carbocycles. The summed E-state index contributed by atoms with van der Waals surface area (Å²) >= 11 is 1.97. The molecule has 0 spiro atoms. The monoisotopic (exact) mass is 223 g/mol. The smallest absolute Gasteiger partial charge is 0.0216 e. The first kappa shape index (κ1) is 12.6. The van der Waals surface area contributed by atoms with E-state index in [0.717, 1.165) is 13.1 Å². The average molecular weight is 223 g/mol. The molecule has 0 aliphatic heterocycles. The van der Waals surface area contributed by atoms with Gasteiger partial charge in [-0.2, -0.15) is 0 Å². The molecule has 0 heterocycles. The second kappa shape index (κ2) is 7.77. The predicted octanol–water partition coefficient (Wildman–Crippen LogP) is 3.69. The van der Waals surface area contributed by atoms with Gasteiger partial charge in [-0.15, -0.1) is 11.8 Å². The van der Waals surface area contributed by atoms with Crippen LogP contribution in [0.3, 0.4) is 0 Å². The van der Waals surface area contributed by atoms with Gasteiger partial charge in [-0.25, -0.2) is 0 Å². The first-order valence-electron chi connectivity index (χ1n) is 5.80. The molecule has 0 saturated carbocycles. The summed E-state index contributed by atoms with van der Waals surface area (Å²) < 4.78 is 0. The largest absolute Gasteiger partial charge is 0.313 e. The fraction of sp³-hybridized carbons (Fsp3) is 0.538. The molecule has 0 aliphatic rings. The van der Waals surface area contributed by atoms with Crippen LogP contribution < -0.4 is 5.32 Å². The van der Waals surface area contributed by atoms with Crippen LogP contribution in [0.4, 0.5) is 0 Å². The van der Waals surface area contributed by atoms with Crippen LogP contribution in [0.1, 0.15) is 32.3 Å². The molecular formula is C13H21NS. The van der Waals surface area contributed by atoms with Crippen LogP contribution >= 0.6 is 11.8 Å². The van der Waals surface area contributed by atoms with Crippen molar-refractivity contribution in [2.75, 3.05) is 12.3 Å². The highest BCUT2D eigenvalue weighted by molar-refractivity contribution is 7.99. The van der Waals surface area contributed by atoms with Crippen molar-refractivity contribution in [2.24, 2.45) is 0 Å². The highest BCUT2D eigenvalue weighted by Gasteiger charge is 2.00. The van der Waals surface area contributed by atoms with Gasteiger partial charge in [-0.1, -0.05) is 32.0 Å². The van der Waals surface area contributed by atoms with E-state index in [1.54, 1.807) is 0 Å². The Labute approximate surface area is 97.7 Å². The number of thioether (sulfide) groups is 1. The lowest BCUT2D eigenvalue weighted by Gasteiger charge is -2.09. The normalized spacial score (nSPS) is 10.5. The summed E-state index contributed by atoms with van der Waals surface area (Å²) in [6.07, 6.45) is 2.44. The van der Waals surface area contributed by atoms with Gasteiger partial charge < -0.3 is 5.32 Å². The third-order valence-corrected chi connectivity index (χ3v) is 3.50. The van der Waals surface area contributed by atoms with Gasteiger partial charge in [0, 0.05) is 11.4 Å². The van der Waals surface area contributed by atoms with Crippen molar-refractivity contribution in [1.29, 1.82) is 0 Å². The van der Waals surface area contributed by atoms with Crippen LogP contribution in [-0.4, -0.2) is 12.3 Å². The van der Waals surface area contributed by atoms with Crippen molar-refractivity contribution in [3.63, 3.8) is 0 Å². The molecule has 0 bridgehead atoms. The Morgan fingerprint density at radius 1 is 1.13 bits per heavy atom. The highest BCUT2D eigenvalue weighted by Crippen LogP contribution is 2.22. The van der Waals surface area contributed by atoms with Crippen molar-refractivity contribution < 1.29 is 0 Å². The Hall–Kier alpha value is -0.470. The lowest BCUT2D eigenvalue weighted by atomic mass is 10.2. The lowest BCUT2D eigenvalue weighted by molar-refractivity contribution is 0.669. The number of benzene rings is 1. The van der Waals surface area contributed by atoms with Gasteiger partial charge in [0.1, 0.15) is 0 Å². The van der Waals surface area contributed by atoms with E-state index in [1.165, 1.54) is 29.1 Å². The average Bonchev–Trinajstić information content (AvgIpc) is 2.28. The zero-order valence-corrected chi connectivity index (χ0v) is 10.6. The highest BCUT2D eigenvalue weighted by atomic mass is 32.2. The van der Waals surface area contributed by atoms with Crippen LogP contribution in [0.25, 0.3) is 0 Å². The van der Waals surface area contributed by atoms with E-state index < -0.39 is 0 Å². The Bertz CT molecular complexity index is 273. The Morgan fingerprint density at radius 3 is 2.67 bits per heavy atom. The number of rotatable bonds is 7. The Balaban J connectivity index is 2.52. The molecule has 0 unspecified atom stereocenters. The molecule has 0 aromatic heterocycles. The first-order valence-corrected chi connectivity index (χ1v) is 6.78. The summed E-state index contributed by atoms with van der Waals surface area (Å²) in [4.78, 5) is 1.43. The van der Waals surface area contributed by atoms with E-state index in [1.807, 2.05) is 11.8 Å². The van der Waals surface area contributed by atoms with Gasteiger partial charge in [0.15, 0.2) is 0 Å². The Morgan fingerprint density at radius 2 is 1.93 bits per heavy atom. The molecule has 1 N–H and O–H groups in total. The van der Waals surface area contributed by atoms with Gasteiger partial charge in [0.25, 0.3) is 0 Å². The maximum atomic E-state index is 3.45. The second-order valence-electron chi connectivity index (χ2n) is 3.63. The van der Waals surface area contributed by atoms with E-state index in [2.05, 4.69) is 43.4 Å². The van der Waals surface area contributed by atoms with E-state index in [9.17, 15) is 0 Å². The van der Waals surface area contributed by atoms with Gasteiger partial charge in [-0.05, 0) is 36.8 Å². The van der Waals surface area contributed by atoms with Gasteiger partial charge >= 0.3 is 0 Å². The molecule has 0 fully saturated rings. The molecule has 2 heteroatoms. The zero-order chi connectivity index (χ0) is 10.9. The van der Waals surface area contributed by atoms with Gasteiger partial charge in [0.2, 0.25) is 0 Å². The summed E-state index contributed by atoms with van der Waals surface area (Å²) in [5, 5.41) is 3.45. The van der Waals surface area contributed by atoms with E-state index in [4.69, 9.17) is 0 Å². The minimum absolute atomic E-state index is 1.00. The molecule has 0 saturated heterocycles. The summed E-state index contributed by atoms with van der Waals surface area (Å²) in [5.41, 5.74) is 1.43. The molecule has 1 aromatic rings. The van der Waals surface area contributed by atoms with Crippen molar-refractivity contribution in [3.05, 3.63) is 29.8 Å². The van der Waals surface area contributed by atoms with Crippen molar-refractivity contribution in [2.45, 2.75) is 38.1 Å². The second-order valence-corrected chi connectivity index (χ2v) is 4.77. The number of nitrogens with one attached hydrogen (secondary N) is 1. The molecule has 0 amide bonds. The Kier molecular flexibility index (Phi) is 6.53. The molecule has 84 valence electrons. The molecule has 1 nitrogen and oxygen atoms in total. The standard InChI is InChI=1S/C13H21NS/c1-3-9-14-11-12-7-5-6-8-13(12)15-10-4-2/h5-8,14H,3-4,9-11H2,1-2H3. The first-order chi connectivity index (χ1) is 7.38. The van der Waals surface area contributed by atoms with Gasteiger partial charge in [0.05, 0.1) is 0 Å². The molecule has 1 rings (SSSR count). The van der Waals surface area contributed by atoms with E-state index in [0.29, 0.717) is 0 Å². The van der Waals surface area contributed by atoms with Crippen LogP contribution in [0, 0.1) is 0 Å². The summed E-state index contributed by atoms with van der Waals surface area (Å²) in [6.45, 7) is 6.53. The molecule has 0 radical (unpaired) electrons. The van der Waals surface area contributed by atoms with Crippen LogP contribution in [-0.2, 0) is 6.54 Å². The fourth-order valence-corrected chi connectivity index (χ4v) is 2.33. The third kappa shape index (κ3) is 4.72. The molecule has 1 aromatic carbocycles. The quantitative estimate of drug-likeness (QED) is 0.559. The summed E-state index contributed by atoms with van der Waals surface area (Å²) in [6, 6.07) is 8.70. The molecule has 15 heavy (non-hydrogen) atoms. The maximum absolute atomic E-state index is 3.45. The summed E-state index contributed by atoms with van der Waals surface area (Å²) in [5.74, 6) is 1.21. The van der Waals surface area contributed by atoms with Crippen LogP contribution in [0.15, 0.2) is 29.2 Å². The summed E-state index contributed by atoms with van der Waals surface area (Å²) in [7, 11) is 0. The van der Waals surface area contributed by atoms with Crippen molar-refractivity contribution >= 4 is 11.8 Å². The van der Waals surface area contributed by atoms with Crippen LogP contribution in [0.2, 0.25) is 0 Å². The number of hydrogen-bond donors (Lipinski definition) is 1. The number of hydrogen-bond acceptors (Lipinski definition) is 2.